The fraction of sp³-hybridized carbons (Fsp3) is 1.00. The van der Waals surface area contributed by atoms with E-state index in [9.17, 15) is 0 Å². The molecular weight excluding hydrogens is 312 g/mol. The highest BCUT2D eigenvalue weighted by molar-refractivity contribution is 7.98. The molecule has 2 heteroatoms. The Kier molecular flexibility index (Phi) is 41.9. The van der Waals surface area contributed by atoms with Crippen molar-refractivity contribution >= 4 is 11.8 Å². The monoisotopic (exact) mass is 362 g/mol. The van der Waals surface area contributed by atoms with Gasteiger partial charge in [-0.15, -0.1) is 0 Å². The van der Waals surface area contributed by atoms with Crippen molar-refractivity contribution in [2.75, 3.05) is 25.7 Å². The summed E-state index contributed by atoms with van der Waals surface area (Å²) in [5.74, 6) is 1.35. The van der Waals surface area contributed by atoms with Crippen molar-refractivity contribution in [1.29, 1.82) is 0 Å². The fourth-order valence-corrected chi connectivity index (χ4v) is 2.69. The second-order valence-electron chi connectivity index (χ2n) is 6.52. The molecule has 0 saturated carbocycles. The van der Waals surface area contributed by atoms with Crippen LogP contribution in [0.2, 0.25) is 0 Å². The molecule has 0 saturated heterocycles. The number of ether oxygens (including phenoxy) is 1. The van der Waals surface area contributed by atoms with E-state index in [1.165, 1.54) is 95.6 Å². The van der Waals surface area contributed by atoms with E-state index >= 15 is 0 Å². The molecule has 24 heavy (non-hydrogen) atoms. The van der Waals surface area contributed by atoms with E-state index in [0.29, 0.717) is 0 Å². The summed E-state index contributed by atoms with van der Waals surface area (Å²) in [5.41, 5.74) is 0. The summed E-state index contributed by atoms with van der Waals surface area (Å²) >= 11 is 1.95. The summed E-state index contributed by atoms with van der Waals surface area (Å²) in [6.07, 6.45) is 21.5. The molecule has 0 aromatic heterocycles. The quantitative estimate of drug-likeness (QED) is 0.270. The van der Waals surface area contributed by atoms with Crippen LogP contribution in [0.25, 0.3) is 0 Å². The molecule has 0 atom stereocenters. The van der Waals surface area contributed by atoms with Crippen LogP contribution < -0.4 is 0 Å². The average molecular weight is 363 g/mol. The molecule has 150 valence electrons. The molecule has 0 spiro atoms. The van der Waals surface area contributed by atoms with Crippen LogP contribution in [0.4, 0.5) is 0 Å². The van der Waals surface area contributed by atoms with Gasteiger partial charge in [0.15, 0.2) is 0 Å². The highest BCUT2D eigenvalue weighted by Crippen LogP contribution is 2.04. The van der Waals surface area contributed by atoms with Gasteiger partial charge in [0, 0.05) is 13.7 Å². The third-order valence-corrected chi connectivity index (χ3v) is 4.56. The van der Waals surface area contributed by atoms with Gasteiger partial charge in [-0.2, -0.15) is 11.8 Å². The molecule has 0 aliphatic rings. The molecule has 0 heterocycles. The van der Waals surface area contributed by atoms with Crippen LogP contribution in [-0.2, 0) is 4.74 Å². The Bertz CT molecular complexity index is 116. The first-order chi connectivity index (χ1) is 11.7. The van der Waals surface area contributed by atoms with E-state index in [1.54, 1.807) is 7.11 Å². The van der Waals surface area contributed by atoms with E-state index in [-0.39, 0.29) is 0 Å². The maximum atomic E-state index is 4.89. The third-order valence-electron chi connectivity index (χ3n) is 3.86. The van der Waals surface area contributed by atoms with Crippen LogP contribution in [0.1, 0.15) is 118 Å². The lowest BCUT2D eigenvalue weighted by Gasteiger charge is -1.95. The number of hydrogen-bond acceptors (Lipinski definition) is 2. The van der Waals surface area contributed by atoms with E-state index in [2.05, 4.69) is 34.0 Å². The van der Waals surface area contributed by atoms with Crippen molar-refractivity contribution in [1.82, 2.24) is 0 Å². The van der Waals surface area contributed by atoms with Gasteiger partial charge in [0.25, 0.3) is 0 Å². The predicted octanol–water partition coefficient (Wildman–Crippen LogP) is 8.51. The maximum Gasteiger partial charge on any atom is 0.0462 e. The third kappa shape index (κ3) is 43.2. The minimum absolute atomic E-state index is 0.931. The van der Waals surface area contributed by atoms with Gasteiger partial charge in [0.05, 0.1) is 0 Å². The molecule has 0 amide bonds. The summed E-state index contributed by atoms with van der Waals surface area (Å²) in [4.78, 5) is 0. The molecule has 0 bridgehead atoms. The summed E-state index contributed by atoms with van der Waals surface area (Å²) in [5, 5.41) is 0. The molecule has 0 N–H and O–H groups in total. The zero-order chi connectivity index (χ0) is 18.7. The van der Waals surface area contributed by atoms with Gasteiger partial charge in [-0.3, -0.25) is 0 Å². The molecule has 0 radical (unpaired) electrons. The minimum atomic E-state index is 0.931. The normalized spacial score (nSPS) is 9.75. The average Bonchev–Trinajstić information content (AvgIpc) is 2.61. The molecular formula is C22H50OS. The Balaban J connectivity index is -0.000000276. The van der Waals surface area contributed by atoms with Gasteiger partial charge in [0.2, 0.25) is 0 Å². The molecule has 0 unspecified atom stereocenters. The van der Waals surface area contributed by atoms with Crippen molar-refractivity contribution in [3.63, 3.8) is 0 Å². The molecule has 0 aliphatic heterocycles. The standard InChI is InChI=1S/C8H18.C7H16O.C7H16S/c1-3-5-7-8-6-4-2;2*1-3-4-5-6-7-8-2/h3-8H2,1-2H3;2*3-7H2,1-2H3. The summed E-state index contributed by atoms with van der Waals surface area (Å²) in [6, 6.07) is 0. The van der Waals surface area contributed by atoms with Crippen molar-refractivity contribution in [2.24, 2.45) is 0 Å². The van der Waals surface area contributed by atoms with Crippen molar-refractivity contribution in [2.45, 2.75) is 118 Å². The first-order valence-corrected chi connectivity index (χ1v) is 12.1. The zero-order valence-electron chi connectivity index (χ0n) is 18.1. The molecule has 0 fully saturated rings. The van der Waals surface area contributed by atoms with Crippen molar-refractivity contribution < 1.29 is 4.74 Å². The molecule has 0 rings (SSSR count). The molecule has 1 nitrogen and oxygen atoms in total. The van der Waals surface area contributed by atoms with Gasteiger partial charge in [-0.25, -0.2) is 0 Å². The molecule has 0 aliphatic carbocycles. The second-order valence-corrected chi connectivity index (χ2v) is 7.51. The summed E-state index contributed by atoms with van der Waals surface area (Å²) < 4.78 is 4.89. The van der Waals surface area contributed by atoms with Gasteiger partial charge in [-0.1, -0.05) is 105 Å². The highest BCUT2D eigenvalue weighted by atomic mass is 32.2. The largest absolute Gasteiger partial charge is 0.385 e. The Hall–Kier alpha value is 0.310. The Morgan fingerprint density at radius 1 is 0.542 bits per heavy atom. The smallest absolute Gasteiger partial charge is 0.0462 e. The predicted molar refractivity (Wildman–Crippen MR) is 118 cm³/mol. The van der Waals surface area contributed by atoms with Crippen LogP contribution in [-0.4, -0.2) is 25.7 Å². The van der Waals surface area contributed by atoms with Gasteiger partial charge >= 0.3 is 0 Å². The zero-order valence-corrected chi connectivity index (χ0v) is 18.9. The van der Waals surface area contributed by atoms with E-state index < -0.39 is 0 Å². The Morgan fingerprint density at radius 2 is 0.917 bits per heavy atom. The minimum Gasteiger partial charge on any atom is -0.385 e. The number of thioether (sulfide) groups is 1. The van der Waals surface area contributed by atoms with E-state index in [1.807, 2.05) is 11.8 Å². The fourth-order valence-electron chi connectivity index (χ4n) is 2.20. The second kappa shape index (κ2) is 34.6. The molecule has 0 aromatic carbocycles. The lowest BCUT2D eigenvalue weighted by atomic mass is 10.1. The molecule has 0 aromatic rings. The number of methoxy groups -OCH3 is 1. The topological polar surface area (TPSA) is 9.23 Å². The van der Waals surface area contributed by atoms with Crippen LogP contribution in [0, 0.1) is 0 Å². The van der Waals surface area contributed by atoms with Gasteiger partial charge in [-0.05, 0) is 24.9 Å². The number of rotatable bonds is 15. The first kappa shape index (κ1) is 29.1. The number of unbranched alkanes of at least 4 members (excludes halogenated alkanes) is 11. The summed E-state index contributed by atoms with van der Waals surface area (Å²) in [7, 11) is 1.76. The van der Waals surface area contributed by atoms with Crippen LogP contribution in [0.15, 0.2) is 0 Å². The maximum absolute atomic E-state index is 4.89. The van der Waals surface area contributed by atoms with Crippen molar-refractivity contribution in [3.8, 4) is 0 Å². The van der Waals surface area contributed by atoms with E-state index in [0.717, 1.165) is 6.61 Å². The van der Waals surface area contributed by atoms with Crippen molar-refractivity contribution in [3.05, 3.63) is 0 Å². The SMILES string of the molecule is CCCCCCCC.CCCCCCOC.CCCCCCSC. The number of hydrogen-bond donors (Lipinski definition) is 0. The lowest BCUT2D eigenvalue weighted by Crippen LogP contribution is -1.86. The summed E-state index contributed by atoms with van der Waals surface area (Å²) in [6.45, 7) is 9.91. The Labute approximate surface area is 160 Å². The van der Waals surface area contributed by atoms with Crippen LogP contribution in [0.3, 0.4) is 0 Å². The highest BCUT2D eigenvalue weighted by Gasteiger charge is 1.84. The van der Waals surface area contributed by atoms with E-state index in [4.69, 9.17) is 4.74 Å². The lowest BCUT2D eigenvalue weighted by molar-refractivity contribution is 0.192. The van der Waals surface area contributed by atoms with Crippen LogP contribution >= 0.6 is 11.8 Å². The first-order valence-electron chi connectivity index (χ1n) is 10.7. The van der Waals surface area contributed by atoms with Gasteiger partial charge < -0.3 is 4.74 Å². The van der Waals surface area contributed by atoms with Crippen LogP contribution in [0.5, 0.6) is 0 Å². The van der Waals surface area contributed by atoms with Gasteiger partial charge in [0.1, 0.15) is 0 Å². The Morgan fingerprint density at radius 3 is 1.25 bits per heavy atom.